The van der Waals surface area contributed by atoms with Crippen LogP contribution in [0.2, 0.25) is 5.02 Å². The molecule has 0 radical (unpaired) electrons. The molecule has 1 amide bonds. The van der Waals surface area contributed by atoms with E-state index in [1.807, 2.05) is 0 Å². The Morgan fingerprint density at radius 2 is 1.81 bits per heavy atom. The molecule has 27 heavy (non-hydrogen) atoms. The summed E-state index contributed by atoms with van der Waals surface area (Å²) in [6.07, 6.45) is 0. The molecule has 144 valence electrons. The number of rotatable bonds is 8. The standard InChI is InChI=1S/C18H19ClN2O5S/c1-2-21-27(24,25)16-8-6-14(7-9-16)18(23)26-12-17(22)20-11-13-4-3-5-15(19)10-13/h3-10,21H,2,11-12H2,1H3,(H,20,22). The first-order valence-corrected chi connectivity index (χ1v) is 9.96. The van der Waals surface area contributed by atoms with Gasteiger partial charge in [-0.2, -0.15) is 0 Å². The first-order valence-electron chi connectivity index (χ1n) is 8.10. The molecule has 2 rings (SSSR count). The fraction of sp³-hybridized carbons (Fsp3) is 0.222. The van der Waals surface area contributed by atoms with Crippen LogP contribution in [0.4, 0.5) is 0 Å². The SMILES string of the molecule is CCNS(=O)(=O)c1ccc(C(=O)OCC(=O)NCc2cccc(Cl)c2)cc1. The van der Waals surface area contributed by atoms with E-state index in [4.69, 9.17) is 16.3 Å². The minimum atomic E-state index is -3.59. The van der Waals surface area contributed by atoms with Gasteiger partial charge in [-0.1, -0.05) is 30.7 Å². The molecule has 0 unspecified atom stereocenters. The van der Waals surface area contributed by atoms with Gasteiger partial charge in [0.25, 0.3) is 5.91 Å². The van der Waals surface area contributed by atoms with Crippen LogP contribution in [0.3, 0.4) is 0 Å². The number of halogens is 1. The molecule has 2 aromatic carbocycles. The van der Waals surface area contributed by atoms with E-state index in [2.05, 4.69) is 10.0 Å². The summed E-state index contributed by atoms with van der Waals surface area (Å²) in [4.78, 5) is 23.8. The monoisotopic (exact) mass is 410 g/mol. The van der Waals surface area contributed by atoms with Crippen molar-refractivity contribution in [1.82, 2.24) is 10.0 Å². The Balaban J connectivity index is 1.85. The average molecular weight is 411 g/mol. The van der Waals surface area contributed by atoms with Crippen LogP contribution < -0.4 is 10.0 Å². The largest absolute Gasteiger partial charge is 0.452 e. The quantitative estimate of drug-likeness (QED) is 0.649. The number of amides is 1. The molecule has 0 fully saturated rings. The number of carbonyl (C=O) groups excluding carboxylic acids is 2. The van der Waals surface area contributed by atoms with Gasteiger partial charge in [0, 0.05) is 18.1 Å². The third-order valence-electron chi connectivity index (χ3n) is 3.45. The first-order chi connectivity index (χ1) is 12.8. The highest BCUT2D eigenvalue weighted by molar-refractivity contribution is 7.89. The summed E-state index contributed by atoms with van der Waals surface area (Å²) in [5, 5.41) is 3.18. The Morgan fingerprint density at radius 3 is 2.44 bits per heavy atom. The van der Waals surface area contributed by atoms with Crippen LogP contribution in [-0.4, -0.2) is 33.4 Å². The van der Waals surface area contributed by atoms with Crippen molar-refractivity contribution in [3.63, 3.8) is 0 Å². The van der Waals surface area contributed by atoms with Crippen molar-refractivity contribution < 1.29 is 22.7 Å². The van der Waals surface area contributed by atoms with Gasteiger partial charge in [-0.3, -0.25) is 4.79 Å². The molecule has 7 nitrogen and oxygen atoms in total. The Morgan fingerprint density at radius 1 is 1.11 bits per heavy atom. The van der Waals surface area contributed by atoms with Crippen LogP contribution in [0.1, 0.15) is 22.8 Å². The molecular weight excluding hydrogens is 392 g/mol. The number of hydrogen-bond donors (Lipinski definition) is 2. The van der Waals surface area contributed by atoms with Crippen molar-refractivity contribution in [2.45, 2.75) is 18.4 Å². The predicted octanol–water partition coefficient (Wildman–Crippen LogP) is 2.11. The van der Waals surface area contributed by atoms with E-state index in [9.17, 15) is 18.0 Å². The van der Waals surface area contributed by atoms with Gasteiger partial charge in [-0.15, -0.1) is 0 Å². The molecule has 0 spiro atoms. The van der Waals surface area contributed by atoms with Crippen LogP contribution in [-0.2, 0) is 26.1 Å². The van der Waals surface area contributed by atoms with Gasteiger partial charge in [-0.25, -0.2) is 17.9 Å². The van der Waals surface area contributed by atoms with E-state index in [0.717, 1.165) is 5.56 Å². The summed E-state index contributed by atoms with van der Waals surface area (Å²) < 4.78 is 31.0. The van der Waals surface area contributed by atoms with Crippen LogP contribution in [0.15, 0.2) is 53.4 Å². The van der Waals surface area contributed by atoms with Crippen molar-refractivity contribution >= 4 is 33.5 Å². The fourth-order valence-corrected chi connectivity index (χ4v) is 3.41. The van der Waals surface area contributed by atoms with Crippen LogP contribution in [0.5, 0.6) is 0 Å². The van der Waals surface area contributed by atoms with Gasteiger partial charge >= 0.3 is 5.97 Å². The summed E-state index contributed by atoms with van der Waals surface area (Å²) in [5.74, 6) is -1.19. The zero-order valence-electron chi connectivity index (χ0n) is 14.6. The number of ether oxygens (including phenoxy) is 1. The zero-order valence-corrected chi connectivity index (χ0v) is 16.1. The number of esters is 1. The van der Waals surface area contributed by atoms with Crippen LogP contribution in [0, 0.1) is 0 Å². The number of sulfonamides is 1. The maximum Gasteiger partial charge on any atom is 0.338 e. The third kappa shape index (κ3) is 6.35. The minimum absolute atomic E-state index is 0.0418. The molecule has 0 aliphatic rings. The number of hydrogen-bond acceptors (Lipinski definition) is 5. The third-order valence-corrected chi connectivity index (χ3v) is 5.24. The van der Waals surface area contributed by atoms with Gasteiger partial charge in [-0.05, 0) is 42.0 Å². The first kappa shape index (κ1) is 20.9. The van der Waals surface area contributed by atoms with Crippen molar-refractivity contribution in [3.8, 4) is 0 Å². The molecule has 0 saturated carbocycles. The highest BCUT2D eigenvalue weighted by Crippen LogP contribution is 2.12. The normalized spacial score (nSPS) is 11.0. The van der Waals surface area contributed by atoms with E-state index in [1.165, 1.54) is 24.3 Å². The van der Waals surface area contributed by atoms with Gasteiger partial charge in [0.2, 0.25) is 10.0 Å². The van der Waals surface area contributed by atoms with E-state index >= 15 is 0 Å². The molecule has 0 aliphatic heterocycles. The van der Waals surface area contributed by atoms with E-state index in [0.29, 0.717) is 5.02 Å². The molecule has 0 aromatic heterocycles. The second-order valence-electron chi connectivity index (χ2n) is 5.51. The molecule has 0 bridgehead atoms. The Kier molecular flexibility index (Phi) is 7.35. The lowest BCUT2D eigenvalue weighted by atomic mass is 10.2. The minimum Gasteiger partial charge on any atom is -0.452 e. The van der Waals surface area contributed by atoms with Gasteiger partial charge < -0.3 is 10.1 Å². The van der Waals surface area contributed by atoms with Gasteiger partial charge in [0.1, 0.15) is 0 Å². The molecular formula is C18H19ClN2O5S. The van der Waals surface area contributed by atoms with Gasteiger partial charge in [0.15, 0.2) is 6.61 Å². The van der Waals surface area contributed by atoms with Crippen molar-refractivity contribution in [2.75, 3.05) is 13.2 Å². The highest BCUT2D eigenvalue weighted by atomic mass is 35.5. The molecule has 2 N–H and O–H groups in total. The summed E-state index contributed by atoms with van der Waals surface area (Å²) in [6, 6.07) is 12.3. The van der Waals surface area contributed by atoms with Crippen molar-refractivity contribution in [3.05, 3.63) is 64.7 Å². The lowest BCUT2D eigenvalue weighted by Crippen LogP contribution is -2.28. The smallest absolute Gasteiger partial charge is 0.338 e. The number of benzene rings is 2. The van der Waals surface area contributed by atoms with Crippen molar-refractivity contribution in [2.24, 2.45) is 0 Å². The molecule has 2 aromatic rings. The Labute approximate surface area is 162 Å². The second-order valence-corrected chi connectivity index (χ2v) is 7.71. The second kappa shape index (κ2) is 9.50. The summed E-state index contributed by atoms with van der Waals surface area (Å²) >= 11 is 5.86. The zero-order chi connectivity index (χ0) is 19.9. The van der Waals surface area contributed by atoms with E-state index < -0.39 is 28.5 Å². The summed E-state index contributed by atoms with van der Waals surface area (Å²) in [7, 11) is -3.59. The van der Waals surface area contributed by atoms with E-state index in [1.54, 1.807) is 31.2 Å². The summed E-state index contributed by atoms with van der Waals surface area (Å²) in [5.41, 5.74) is 0.966. The van der Waals surface area contributed by atoms with Crippen molar-refractivity contribution in [1.29, 1.82) is 0 Å². The predicted molar refractivity (Wildman–Crippen MR) is 101 cm³/mol. The molecule has 0 atom stereocenters. The molecule has 0 aliphatic carbocycles. The maximum absolute atomic E-state index is 12.0. The van der Waals surface area contributed by atoms with Gasteiger partial charge in [0.05, 0.1) is 10.5 Å². The maximum atomic E-state index is 12.0. The Hall–Kier alpha value is -2.42. The lowest BCUT2D eigenvalue weighted by Gasteiger charge is -2.08. The van der Waals surface area contributed by atoms with Crippen LogP contribution in [0.25, 0.3) is 0 Å². The molecule has 0 saturated heterocycles. The highest BCUT2D eigenvalue weighted by Gasteiger charge is 2.15. The van der Waals surface area contributed by atoms with Crippen LogP contribution >= 0.6 is 11.6 Å². The summed E-state index contributed by atoms with van der Waals surface area (Å²) in [6.45, 7) is 1.74. The fourth-order valence-electron chi connectivity index (χ4n) is 2.16. The average Bonchev–Trinajstić information content (AvgIpc) is 2.64. The number of nitrogens with one attached hydrogen (secondary N) is 2. The van der Waals surface area contributed by atoms with E-state index in [-0.39, 0.29) is 23.5 Å². The Bertz CT molecular complexity index is 914. The number of carbonyl (C=O) groups is 2. The topological polar surface area (TPSA) is 102 Å². The molecule has 0 heterocycles. The molecule has 9 heteroatoms. The lowest BCUT2D eigenvalue weighted by molar-refractivity contribution is -0.124.